The van der Waals surface area contributed by atoms with E-state index in [1.54, 1.807) is 40.4 Å². The van der Waals surface area contributed by atoms with Gasteiger partial charge in [-0.2, -0.15) is 0 Å². The van der Waals surface area contributed by atoms with Crippen molar-refractivity contribution in [1.82, 2.24) is 87.9 Å². The van der Waals surface area contributed by atoms with Gasteiger partial charge in [0.25, 0.3) is 17.7 Å². The van der Waals surface area contributed by atoms with Crippen LogP contribution in [0, 0.1) is 96.1 Å². The van der Waals surface area contributed by atoms with Crippen LogP contribution in [0.25, 0.3) is 0 Å². The third-order valence-electron chi connectivity index (χ3n) is 31.7. The summed E-state index contributed by atoms with van der Waals surface area (Å²) in [6.45, 7) is 59.0. The van der Waals surface area contributed by atoms with Crippen LogP contribution in [0.1, 0.15) is 282 Å². The molecule has 788 valence electrons. The number of carbonyl (C=O) groups excluding carboxylic acids is 19. The number of ketones is 3. The Bertz CT molecular complexity index is 4730. The normalized spacial score (nSPS) is 25.1. The van der Waals surface area contributed by atoms with Crippen LogP contribution < -0.4 is 64.2 Å². The number of primary amides is 1. The second-order valence-corrected chi connectivity index (χ2v) is 49.8. The molecule has 11 fully saturated rings. The van der Waals surface area contributed by atoms with Gasteiger partial charge in [-0.05, 0) is 141 Å². The predicted molar refractivity (Wildman–Crippen MR) is 531 cm³/mol. The zero-order valence-electron chi connectivity index (χ0n) is 88.7. The molecule has 11 aliphatic rings. The topological polar surface area (TPSA) is 502 Å². The summed E-state index contributed by atoms with van der Waals surface area (Å²) >= 11 is 0. The maximum atomic E-state index is 14.5. The van der Waals surface area contributed by atoms with E-state index in [4.69, 9.17) is 5.73 Å². The van der Waals surface area contributed by atoms with Crippen LogP contribution in [0.4, 0.5) is 14.4 Å². The lowest BCUT2D eigenvalue weighted by atomic mass is 9.80. The molecule has 13 N–H and O–H groups in total. The summed E-state index contributed by atoms with van der Waals surface area (Å²) in [6, 6.07) is -11.6. The van der Waals surface area contributed by atoms with Crippen LogP contribution in [0.15, 0.2) is 25.3 Å². The van der Waals surface area contributed by atoms with Gasteiger partial charge < -0.3 is 88.7 Å². The third kappa shape index (κ3) is 28.0. The first-order valence-corrected chi connectivity index (χ1v) is 51.3. The number of hydrogen-bond acceptors (Lipinski definition) is 19. The summed E-state index contributed by atoms with van der Waals surface area (Å²) in [5, 5.41) is 31.2. The Morgan fingerprint density at radius 1 is 0.383 bits per heavy atom. The van der Waals surface area contributed by atoms with Gasteiger partial charge in [0.05, 0.1) is 36.3 Å². The molecule has 6 saturated heterocycles. The second-order valence-electron chi connectivity index (χ2n) is 49.8. The first-order chi connectivity index (χ1) is 65.2. The molecule has 0 spiro atoms. The molecule has 11 rings (SSSR count). The molecule has 0 aromatic rings. The fourth-order valence-electron chi connectivity index (χ4n) is 21.6. The Balaban J connectivity index is 0.000000237. The fourth-order valence-corrected chi connectivity index (χ4v) is 21.6. The van der Waals surface area contributed by atoms with Gasteiger partial charge in [0.2, 0.25) is 76.4 Å². The number of urea groups is 3. The molecule has 0 aromatic heterocycles. The molecule has 0 radical (unpaired) electrons. The van der Waals surface area contributed by atoms with Crippen molar-refractivity contribution < 1.29 is 91.1 Å². The fraction of sp³-hybridized carbons (Fsp3) is 0.779. The number of rotatable bonds is 37. The number of amides is 19. The van der Waals surface area contributed by atoms with E-state index in [1.807, 2.05) is 125 Å². The zero-order chi connectivity index (χ0) is 106. The average molecular weight is 1970 g/mol. The molecule has 5 saturated carbocycles. The number of hydrogen-bond donors (Lipinski definition) is 12. The van der Waals surface area contributed by atoms with Crippen molar-refractivity contribution in [2.75, 3.05) is 65.4 Å². The predicted octanol–water partition coefficient (Wildman–Crippen LogP) is 7.01. The molecule has 141 heavy (non-hydrogen) atoms. The average Bonchev–Trinajstić information content (AvgIpc) is 1.53. The van der Waals surface area contributed by atoms with Gasteiger partial charge in [-0.15, -0.1) is 13.2 Å². The minimum atomic E-state index is -1.14. The monoisotopic (exact) mass is 1970 g/mol. The Labute approximate surface area is 834 Å². The van der Waals surface area contributed by atoms with Crippen molar-refractivity contribution in [3.63, 3.8) is 0 Å². The van der Waals surface area contributed by atoms with E-state index in [1.165, 1.54) is 22.0 Å². The molecule has 37 heteroatoms. The molecule has 0 bridgehead atoms. The number of piperidine rings is 5. The number of nitrogens with zero attached hydrogens (tertiary/aromatic N) is 6. The largest absolute Gasteiger partial charge is 0.363 e. The number of carbonyl (C=O) groups is 19. The van der Waals surface area contributed by atoms with Gasteiger partial charge in [-0.25, -0.2) is 14.4 Å². The molecule has 37 nitrogen and oxygen atoms in total. The van der Waals surface area contributed by atoms with Gasteiger partial charge in [-0.1, -0.05) is 224 Å². The lowest BCUT2D eigenvalue weighted by molar-refractivity contribution is -0.145. The highest BCUT2D eigenvalue weighted by Gasteiger charge is 2.73. The Morgan fingerprint density at radius 2 is 0.688 bits per heavy atom. The number of likely N-dealkylation sites (tertiary alicyclic amines) is 6. The van der Waals surface area contributed by atoms with Crippen molar-refractivity contribution in [3.05, 3.63) is 25.3 Å². The van der Waals surface area contributed by atoms with Gasteiger partial charge in [0.15, 0.2) is 0 Å². The van der Waals surface area contributed by atoms with E-state index in [2.05, 4.69) is 99.3 Å². The molecule has 5 aliphatic carbocycles. The number of imide groups is 1. The van der Waals surface area contributed by atoms with Crippen LogP contribution in [-0.4, -0.2) is 280 Å². The minimum Gasteiger partial charge on any atom is -0.363 e. The van der Waals surface area contributed by atoms with Crippen LogP contribution in [0.3, 0.4) is 0 Å². The molecule has 19 amide bonds. The lowest BCUT2D eigenvalue weighted by Gasteiger charge is -2.40. The number of Topliss-reactive ketones (excluding diaryl/α,β-unsaturated/α-hetero) is 3. The van der Waals surface area contributed by atoms with Crippen molar-refractivity contribution in [2.45, 2.75) is 355 Å². The molecular formula is C104H168N18O19. The first kappa shape index (κ1) is 114. The zero-order valence-corrected chi connectivity index (χ0v) is 88.7. The summed E-state index contributed by atoms with van der Waals surface area (Å²) in [4.78, 5) is 260. The SMILES string of the molecule is C=CCNC(=O)C(=O)C(CC1CC1)NC(=O)[C@@H]1[C@@H]2[C@H](CN1C(=O)[C@@H](NC(=O)N[C@H](CN1CCCCC1=O)C(C)(C)C)C(C)(C)C)C2(C)C.C=CCNC(=O)C(=O)C(CC1CCC1)NC(=O)[C@@H]1[C@@H]2[C@H](CN1C(=O)[C@@H](NC(=O)N[C@H](CN1CCCCC1=O)C(C)(C)C)C(C)(C)C)C2(C)C.CCCC(NC(=O)[C@@H]1[C@@H]2[C@H](CN1C(=O)[C@@H](NC(=O)N[C@H](CN1C(=O)CCC1=O)C(C)(C)C)C(C)(C)C)C2(C)C)C(=O)C(N)=O. The van der Waals surface area contributed by atoms with Crippen LogP contribution in [0.5, 0.6) is 0 Å². The number of nitrogens with two attached hydrogens (primary N) is 1. The second kappa shape index (κ2) is 44.9. The summed E-state index contributed by atoms with van der Waals surface area (Å²) in [5.41, 5.74) is 1.23. The van der Waals surface area contributed by atoms with Gasteiger partial charge >= 0.3 is 18.1 Å². The van der Waals surface area contributed by atoms with Crippen LogP contribution in [0.2, 0.25) is 0 Å². The van der Waals surface area contributed by atoms with E-state index in [-0.39, 0.29) is 161 Å². The van der Waals surface area contributed by atoms with Crippen LogP contribution >= 0.6 is 0 Å². The van der Waals surface area contributed by atoms with Crippen molar-refractivity contribution >= 4 is 112 Å². The van der Waals surface area contributed by atoms with Crippen molar-refractivity contribution in [2.24, 2.45) is 102 Å². The Kier molecular flexibility index (Phi) is 36.3. The molecular weight excluding hydrogens is 1810 g/mol. The number of nitrogens with one attached hydrogen (secondary N) is 11. The quantitative estimate of drug-likeness (QED) is 0.0169. The van der Waals surface area contributed by atoms with Crippen molar-refractivity contribution in [3.8, 4) is 0 Å². The standard InChI is InChI=1S/C37H60N6O6.C36H58N6O6.C31H50N6O7/c1-10-17-38-32(47)29(45)24(19-22-14-13-15-22)39-31(46)28-27-23(37(27,8)9)20-43(28)33(48)30(36(5,6)7)41-34(49)40-25(35(2,3)4)21-42-18-12-11-16-26(42)44;1-10-16-37-31(46)28(44)23(18-21-14-15-21)38-30(45)27-26-22(36(26,8)9)19-42(27)32(47)29(35(5,6)7)40-33(48)39-24(34(2,3)4)20-41-17-12-11-13-25(41)43;1-10-11-17(23(40)25(32)41)33-26(42)22-21-16(31(21,8)9)14-37(22)27(43)24(30(5,6)7)35-28(44)34-18(29(2,3)4)15-36-19(38)12-13-20(36)39/h10,22-25,27-28,30H,1,11-21H2,2-9H3,(H,38,47)(H,39,46)(H2,40,41,49);10,21-24,26-27,29H,1,11-20H2,2-9H3,(H,37,46)(H,38,45)(H2,39,40,48);16-18,21-22,24H,10-15H2,1-9H3,(H2,32,41)(H,33,42)(H2,34,35,44)/t23-,24?,25+,27-,28-,30+;22-,23?,24+,26-,27-,29+;16-,17?,18+,21-,22-,24+/m000/s1. The number of fused-ring (bicyclic) bond motifs is 3. The molecule has 18 atom stereocenters. The minimum absolute atomic E-state index is 0.0124. The summed E-state index contributed by atoms with van der Waals surface area (Å²) in [6.07, 6.45) is 14.1. The highest BCUT2D eigenvalue weighted by molar-refractivity contribution is 6.39. The summed E-state index contributed by atoms with van der Waals surface area (Å²) < 4.78 is 0. The van der Waals surface area contributed by atoms with E-state index in [0.29, 0.717) is 77.9 Å². The third-order valence-corrected chi connectivity index (χ3v) is 31.7. The van der Waals surface area contributed by atoms with Gasteiger partial charge in [-0.3, -0.25) is 81.6 Å². The molecule has 0 aromatic carbocycles. The smallest absolute Gasteiger partial charge is 0.315 e. The van der Waals surface area contributed by atoms with E-state index < -0.39 is 159 Å². The maximum Gasteiger partial charge on any atom is 0.315 e. The van der Waals surface area contributed by atoms with Gasteiger partial charge in [0, 0.05) is 91.1 Å². The Hall–Kier alpha value is -10.4. The lowest BCUT2D eigenvalue weighted by Crippen LogP contribution is -2.63. The Morgan fingerprint density at radius 3 is 0.950 bits per heavy atom. The highest BCUT2D eigenvalue weighted by atomic mass is 16.2. The summed E-state index contributed by atoms with van der Waals surface area (Å²) in [7, 11) is 0. The van der Waals surface area contributed by atoms with Crippen LogP contribution in [-0.2, 0) is 76.7 Å². The first-order valence-electron chi connectivity index (χ1n) is 51.3. The van der Waals surface area contributed by atoms with Crippen molar-refractivity contribution in [1.29, 1.82) is 0 Å². The maximum absolute atomic E-state index is 14.5. The van der Waals surface area contributed by atoms with Gasteiger partial charge in [0.1, 0.15) is 36.3 Å². The van der Waals surface area contributed by atoms with E-state index in [9.17, 15) is 91.1 Å². The summed E-state index contributed by atoms with van der Waals surface area (Å²) in [5.74, 6) is -7.65. The van der Waals surface area contributed by atoms with E-state index >= 15 is 0 Å². The molecule has 6 aliphatic heterocycles. The molecule has 3 unspecified atom stereocenters. The highest BCUT2D eigenvalue weighted by Crippen LogP contribution is 2.67. The molecule has 6 heterocycles. The van der Waals surface area contributed by atoms with E-state index in [0.717, 1.165) is 57.8 Å².